The Balaban J connectivity index is 0.000000933. The van der Waals surface area contributed by atoms with Gasteiger partial charge in [-0.25, -0.2) is 4.39 Å². The number of hydrogen-bond donors (Lipinski definition) is 2. The van der Waals surface area contributed by atoms with Gasteiger partial charge < -0.3 is 20.0 Å². The Morgan fingerprint density at radius 2 is 1.57 bits per heavy atom. The highest BCUT2D eigenvalue weighted by atomic mass is 35.5. The number of ketones is 1. The zero-order valence-electron chi connectivity index (χ0n) is 49.5. The van der Waals surface area contributed by atoms with Gasteiger partial charge in [0, 0.05) is 67.3 Å². The van der Waals surface area contributed by atoms with E-state index in [9.17, 15) is 28.4 Å². The number of nitriles is 1. The minimum absolute atomic E-state index is 0.0164. The van der Waals surface area contributed by atoms with Crippen LogP contribution >= 0.6 is 11.6 Å². The average molecular weight is 1080 g/mol. The largest absolute Gasteiger partial charge is 0.366 e. The molecule has 5 rings (SSSR count). The molecule has 3 aromatic rings. The van der Waals surface area contributed by atoms with Crippen LogP contribution in [0, 0.1) is 48.7 Å². The number of unbranched alkanes of at least 4 members (excludes halogenated alkanes) is 4. The van der Waals surface area contributed by atoms with Gasteiger partial charge in [0.15, 0.2) is 12.1 Å². The summed E-state index contributed by atoms with van der Waals surface area (Å²) in [5.41, 5.74) is 5.73. The summed E-state index contributed by atoms with van der Waals surface area (Å²) in [4.78, 5) is 61.8. The maximum atomic E-state index is 13.1. The molecule has 0 bridgehead atoms. The zero-order valence-corrected chi connectivity index (χ0v) is 50.3. The van der Waals surface area contributed by atoms with Gasteiger partial charge in [0.25, 0.3) is 0 Å². The highest BCUT2D eigenvalue weighted by molar-refractivity contribution is 6.32. The molecule has 2 aliphatic heterocycles. The number of halogens is 2. The molecule has 0 spiro atoms. The van der Waals surface area contributed by atoms with Crippen molar-refractivity contribution in [2.45, 2.75) is 192 Å². The van der Waals surface area contributed by atoms with Crippen molar-refractivity contribution in [2.24, 2.45) is 17.8 Å². The van der Waals surface area contributed by atoms with Crippen LogP contribution in [0.4, 0.5) is 15.8 Å². The molecule has 4 atom stereocenters. The number of hydrogen-bond acceptors (Lipinski definition) is 9. The number of Topliss-reactive ketones (excluding diaryl/α,β-unsaturated/α-hetero) is 1. The summed E-state index contributed by atoms with van der Waals surface area (Å²) < 4.78 is 13.1. The van der Waals surface area contributed by atoms with Crippen molar-refractivity contribution in [1.82, 2.24) is 15.1 Å². The van der Waals surface area contributed by atoms with Crippen LogP contribution in [-0.4, -0.2) is 92.5 Å². The summed E-state index contributed by atoms with van der Waals surface area (Å²) in [5.74, 6) is 0.350. The number of imide groups is 1. The molecule has 3 aromatic carbocycles. The second kappa shape index (κ2) is 42.1. The highest BCUT2D eigenvalue weighted by Crippen LogP contribution is 2.27. The van der Waals surface area contributed by atoms with Crippen molar-refractivity contribution in [1.29, 1.82) is 5.26 Å². The van der Waals surface area contributed by atoms with Crippen LogP contribution in [0.5, 0.6) is 0 Å². The lowest BCUT2D eigenvalue weighted by Crippen LogP contribution is -2.50. The summed E-state index contributed by atoms with van der Waals surface area (Å²) in [6.07, 6.45) is 19.0. The zero-order chi connectivity index (χ0) is 57.6. The minimum atomic E-state index is -0.389. The number of benzene rings is 3. The molecule has 0 saturated carbocycles. The van der Waals surface area contributed by atoms with E-state index in [0.717, 1.165) is 79.9 Å². The number of amides is 3. The lowest BCUT2D eigenvalue weighted by atomic mass is 9.92. The molecule has 76 heavy (non-hydrogen) atoms. The number of nitrogens with one attached hydrogen (secondary N) is 2. The Kier molecular flexibility index (Phi) is 39.4. The second-order valence-corrected chi connectivity index (χ2v) is 20.7. The number of carbonyl (C=O) groups is 5. The second-order valence-electron chi connectivity index (χ2n) is 20.3. The van der Waals surface area contributed by atoms with Crippen molar-refractivity contribution in [3.05, 3.63) is 92.8 Å². The van der Waals surface area contributed by atoms with Gasteiger partial charge in [-0.15, -0.1) is 0 Å². The summed E-state index contributed by atoms with van der Waals surface area (Å²) in [7, 11) is 2.14. The van der Waals surface area contributed by atoms with Crippen LogP contribution in [0.25, 0.3) is 0 Å². The van der Waals surface area contributed by atoms with Crippen LogP contribution in [0.3, 0.4) is 0 Å². The van der Waals surface area contributed by atoms with E-state index in [4.69, 9.17) is 16.9 Å². The van der Waals surface area contributed by atoms with E-state index >= 15 is 0 Å². The van der Waals surface area contributed by atoms with Crippen LogP contribution in [0.15, 0.2) is 48.5 Å². The minimum Gasteiger partial charge on any atom is -0.366 e. The summed E-state index contributed by atoms with van der Waals surface area (Å²) >= 11 is 6.07. The normalized spacial score (nSPS) is 15.7. The Morgan fingerprint density at radius 3 is 2.08 bits per heavy atom. The molecule has 3 amide bonds. The molecule has 0 aromatic heterocycles. The standard InChI is InChI=1S/C17H37N.C16H22O2.C13H16ClN3.C9H10FNO.C6H9NO2.C2H6/c1-5-9-10-11-13-17(12-6-2)16-18(14-7-3)15-8-4;1-4-6-7-13-8-9-15(14(10-13)11-17)16(18)12(3)5-2;1-10-9-16(2)5-6-17(10)12-4-3-11(8-15)13(14)7-12;1-6-3-7(2)9(11-5-12)8(10)4-6;1-4-2-3-5(8)7-6(4)9;1-2/h17H,5-16H2,1-4H3;8-12H,4-7H2,1-3H3;3-4,7,10H,5-6,9H2,1-2H3;3-5H,1-2H3,(H,11,12);4H,2-3H2,1H3,(H,7,8,9);1-2H3. The molecule has 13 heteroatoms. The Morgan fingerprint density at radius 1 is 0.895 bits per heavy atom. The molecule has 11 nitrogen and oxygen atoms in total. The van der Waals surface area contributed by atoms with E-state index in [-0.39, 0.29) is 40.9 Å². The maximum absolute atomic E-state index is 13.1. The third-order valence-corrected chi connectivity index (χ3v) is 13.8. The summed E-state index contributed by atoms with van der Waals surface area (Å²) in [5, 5.41) is 14.0. The van der Waals surface area contributed by atoms with Gasteiger partial charge >= 0.3 is 0 Å². The first-order valence-corrected chi connectivity index (χ1v) is 29.1. The fourth-order valence-corrected chi connectivity index (χ4v) is 9.28. The smallest absolute Gasteiger partial charge is 0.229 e. The fraction of sp³-hybridized carbons (Fsp3) is 0.619. The van der Waals surface area contributed by atoms with Crippen LogP contribution in [0.1, 0.15) is 209 Å². The molecule has 0 aliphatic carbocycles. The number of aldehydes is 1. The third kappa shape index (κ3) is 27.9. The third-order valence-electron chi connectivity index (χ3n) is 13.5. The summed E-state index contributed by atoms with van der Waals surface area (Å²) in [6, 6.07) is 17.1. The van der Waals surface area contributed by atoms with Crippen LogP contribution in [-0.2, 0) is 20.8 Å². The molecule has 2 N–H and O–H groups in total. The predicted molar refractivity (Wildman–Crippen MR) is 317 cm³/mol. The molecular formula is C63H100ClFN6O5. The monoisotopic (exact) mass is 1070 g/mol. The van der Waals surface area contributed by atoms with E-state index in [1.807, 2.05) is 71.0 Å². The number of likely N-dealkylation sites (N-methyl/N-ethyl adjacent to an activating group) is 1. The number of piperazine rings is 1. The van der Waals surface area contributed by atoms with E-state index < -0.39 is 0 Å². The average Bonchev–Trinajstić information content (AvgIpc) is 3.40. The van der Waals surface area contributed by atoms with Gasteiger partial charge in [-0.2, -0.15) is 5.26 Å². The number of rotatable bonds is 23. The number of piperidine rings is 1. The van der Waals surface area contributed by atoms with Gasteiger partial charge in [-0.1, -0.05) is 138 Å². The molecule has 2 aliphatic rings. The van der Waals surface area contributed by atoms with Crippen LogP contribution in [0.2, 0.25) is 5.02 Å². The maximum Gasteiger partial charge on any atom is 0.229 e. The van der Waals surface area contributed by atoms with E-state index in [0.29, 0.717) is 47.0 Å². The quantitative estimate of drug-likeness (QED) is 0.0411. The SMILES string of the molecule is CC.CC1CCC(=O)NC1=O.CC1CN(C)CCN1c1ccc(C#N)c(Cl)c1.CCCCCCC(CCC)CN(CCC)CCC.CCCCc1ccc(C(=O)C(C)CC)c(C=O)c1.Cc1cc(C)c(NC=O)c(F)c1. The number of nitrogens with zero attached hydrogens (tertiary/aromatic N) is 4. The first kappa shape index (κ1) is 71.0. The van der Waals surface area contributed by atoms with Crippen molar-refractivity contribution in [3.8, 4) is 6.07 Å². The van der Waals surface area contributed by atoms with E-state index in [2.05, 4.69) is 80.0 Å². The molecule has 0 radical (unpaired) electrons. The lowest BCUT2D eigenvalue weighted by Gasteiger charge is -2.39. The van der Waals surface area contributed by atoms with Gasteiger partial charge in [-0.05, 0) is 145 Å². The van der Waals surface area contributed by atoms with Crippen molar-refractivity contribution in [2.75, 3.05) is 56.5 Å². The van der Waals surface area contributed by atoms with Crippen LogP contribution < -0.4 is 15.5 Å². The van der Waals surface area contributed by atoms with Crippen molar-refractivity contribution >= 4 is 53.3 Å². The van der Waals surface area contributed by atoms with Gasteiger partial charge in [0.1, 0.15) is 11.9 Å². The number of aryl methyl sites for hydroxylation is 3. The summed E-state index contributed by atoms with van der Waals surface area (Å²) in [6.45, 7) is 33.9. The molecular weight excluding hydrogens is 975 g/mol. The first-order chi connectivity index (χ1) is 36.4. The molecule has 2 fully saturated rings. The first-order valence-electron chi connectivity index (χ1n) is 28.7. The Bertz CT molecular complexity index is 2150. The topological polar surface area (TPSA) is 143 Å². The predicted octanol–water partition coefficient (Wildman–Crippen LogP) is 15.0. The van der Waals surface area contributed by atoms with E-state index in [1.165, 1.54) is 83.5 Å². The van der Waals surface area contributed by atoms with Gasteiger partial charge in [0.2, 0.25) is 18.2 Å². The Hall–Kier alpha value is -4.96. The van der Waals surface area contributed by atoms with Gasteiger partial charge in [-0.3, -0.25) is 29.3 Å². The van der Waals surface area contributed by atoms with E-state index in [1.54, 1.807) is 19.9 Å². The van der Waals surface area contributed by atoms with Crippen molar-refractivity contribution in [3.63, 3.8) is 0 Å². The lowest BCUT2D eigenvalue weighted by molar-refractivity contribution is -0.135. The number of anilines is 2. The molecule has 2 heterocycles. The fourth-order valence-electron chi connectivity index (χ4n) is 9.06. The highest BCUT2D eigenvalue weighted by Gasteiger charge is 2.23. The van der Waals surface area contributed by atoms with Crippen molar-refractivity contribution < 1.29 is 28.4 Å². The molecule has 426 valence electrons. The number of carbonyl (C=O) groups excluding carboxylic acids is 5. The Labute approximate surface area is 465 Å². The molecule has 2 saturated heterocycles. The van der Waals surface area contributed by atoms with Gasteiger partial charge in [0.05, 0.1) is 16.3 Å². The molecule has 4 unspecified atom stereocenters.